The quantitative estimate of drug-likeness (QED) is 0.719. The Kier molecular flexibility index (Phi) is 6.37. The number of amides is 2. The molecule has 0 saturated carbocycles. The molecule has 0 aliphatic carbocycles. The van der Waals surface area contributed by atoms with E-state index in [2.05, 4.69) is 5.32 Å². The molecule has 1 heterocycles. The zero-order valence-electron chi connectivity index (χ0n) is 14.5. The fraction of sp³-hybridized carbons (Fsp3) is 0.278. The van der Waals surface area contributed by atoms with Gasteiger partial charge >= 0.3 is 5.97 Å². The largest absolute Gasteiger partial charge is 0.507 e. The minimum atomic E-state index is -0.813. The van der Waals surface area contributed by atoms with Gasteiger partial charge in [0.05, 0.1) is 19.4 Å². The van der Waals surface area contributed by atoms with Crippen LogP contribution in [0.1, 0.15) is 21.7 Å². The number of carbonyl (C=O) groups excluding carboxylic acids is 3. The molecular formula is C18H20N2O6. The number of furan rings is 1. The molecule has 0 fully saturated rings. The summed E-state index contributed by atoms with van der Waals surface area (Å²) in [4.78, 5) is 36.8. The maximum atomic E-state index is 12.0. The Balaban J connectivity index is 1.77. The first kappa shape index (κ1) is 19.0. The first-order valence-electron chi connectivity index (χ1n) is 7.86. The first-order chi connectivity index (χ1) is 12.4. The molecule has 0 radical (unpaired) electrons. The highest BCUT2D eigenvalue weighted by molar-refractivity contribution is 5.94. The number of nitrogens with zero attached hydrogens (tertiary/aromatic N) is 1. The number of esters is 1. The summed E-state index contributed by atoms with van der Waals surface area (Å²) in [5, 5.41) is 12.3. The number of phenols is 1. The van der Waals surface area contributed by atoms with Gasteiger partial charge in [0.25, 0.3) is 5.91 Å². The van der Waals surface area contributed by atoms with E-state index in [-0.39, 0.29) is 30.3 Å². The van der Waals surface area contributed by atoms with E-state index in [1.54, 1.807) is 25.1 Å². The van der Waals surface area contributed by atoms with Gasteiger partial charge in [-0.05, 0) is 36.8 Å². The fourth-order valence-electron chi connectivity index (χ4n) is 2.09. The van der Waals surface area contributed by atoms with Crippen molar-refractivity contribution in [3.63, 3.8) is 0 Å². The van der Waals surface area contributed by atoms with Gasteiger partial charge in [0, 0.05) is 7.05 Å². The molecule has 8 nitrogen and oxygen atoms in total. The molecule has 2 amide bonds. The number of phenolic OH excluding ortho intramolecular Hbond substituents is 1. The molecule has 0 saturated heterocycles. The number of hydrogen-bond donors (Lipinski definition) is 2. The van der Waals surface area contributed by atoms with E-state index < -0.39 is 18.5 Å². The first-order valence-corrected chi connectivity index (χ1v) is 7.86. The maximum absolute atomic E-state index is 12.0. The van der Waals surface area contributed by atoms with E-state index in [9.17, 15) is 19.5 Å². The van der Waals surface area contributed by atoms with Crippen LogP contribution >= 0.6 is 0 Å². The summed E-state index contributed by atoms with van der Waals surface area (Å²) in [6, 6.07) is 7.91. The molecule has 138 valence electrons. The van der Waals surface area contributed by atoms with E-state index in [1.165, 1.54) is 25.4 Å². The molecule has 0 aliphatic heterocycles. The number of benzene rings is 1. The van der Waals surface area contributed by atoms with Crippen LogP contribution in [0, 0.1) is 6.92 Å². The smallest absolute Gasteiger partial charge is 0.342 e. The Morgan fingerprint density at radius 2 is 2.04 bits per heavy atom. The Morgan fingerprint density at radius 3 is 2.69 bits per heavy atom. The lowest BCUT2D eigenvalue weighted by Crippen LogP contribution is -2.39. The Labute approximate surface area is 150 Å². The van der Waals surface area contributed by atoms with Crippen molar-refractivity contribution >= 4 is 17.8 Å². The van der Waals surface area contributed by atoms with E-state index in [4.69, 9.17) is 9.15 Å². The Morgan fingerprint density at radius 1 is 1.27 bits per heavy atom. The third kappa shape index (κ3) is 5.37. The van der Waals surface area contributed by atoms with Crippen molar-refractivity contribution in [1.82, 2.24) is 10.2 Å². The van der Waals surface area contributed by atoms with Gasteiger partial charge in [-0.2, -0.15) is 0 Å². The van der Waals surface area contributed by atoms with Crippen molar-refractivity contribution < 1.29 is 28.6 Å². The van der Waals surface area contributed by atoms with Crippen LogP contribution in [0.4, 0.5) is 0 Å². The van der Waals surface area contributed by atoms with Gasteiger partial charge in [-0.3, -0.25) is 9.59 Å². The number of hydrogen-bond acceptors (Lipinski definition) is 6. The molecule has 0 aliphatic rings. The van der Waals surface area contributed by atoms with E-state index in [0.717, 1.165) is 10.5 Å². The summed E-state index contributed by atoms with van der Waals surface area (Å²) in [5.74, 6) is -1.35. The maximum Gasteiger partial charge on any atom is 0.342 e. The molecular weight excluding hydrogens is 340 g/mol. The summed E-state index contributed by atoms with van der Waals surface area (Å²) < 4.78 is 9.98. The fourth-order valence-corrected chi connectivity index (χ4v) is 2.09. The highest BCUT2D eigenvalue weighted by Gasteiger charge is 2.18. The highest BCUT2D eigenvalue weighted by atomic mass is 16.5. The molecule has 1 aromatic carbocycles. The van der Waals surface area contributed by atoms with Crippen molar-refractivity contribution in [1.29, 1.82) is 0 Å². The zero-order valence-corrected chi connectivity index (χ0v) is 14.5. The monoisotopic (exact) mass is 360 g/mol. The average molecular weight is 360 g/mol. The number of rotatable bonds is 7. The van der Waals surface area contributed by atoms with Gasteiger partial charge < -0.3 is 24.5 Å². The molecule has 2 aromatic rings. The topological polar surface area (TPSA) is 109 Å². The molecule has 2 N–H and O–H groups in total. The van der Waals surface area contributed by atoms with Gasteiger partial charge in [0.2, 0.25) is 5.91 Å². The van der Waals surface area contributed by atoms with Crippen LogP contribution in [0.3, 0.4) is 0 Å². The molecule has 0 unspecified atom stereocenters. The molecule has 0 spiro atoms. The number of carbonyl (C=O) groups is 3. The molecule has 26 heavy (non-hydrogen) atoms. The third-order valence-corrected chi connectivity index (χ3v) is 3.55. The van der Waals surface area contributed by atoms with Crippen LogP contribution < -0.4 is 5.32 Å². The minimum Gasteiger partial charge on any atom is -0.507 e. The lowest BCUT2D eigenvalue weighted by atomic mass is 10.1. The van der Waals surface area contributed by atoms with E-state index >= 15 is 0 Å². The summed E-state index contributed by atoms with van der Waals surface area (Å²) in [5.41, 5.74) is 0.762. The van der Waals surface area contributed by atoms with Gasteiger partial charge in [0.1, 0.15) is 17.1 Å². The molecule has 0 atom stereocenters. The Bertz CT molecular complexity index is 785. The van der Waals surface area contributed by atoms with E-state index in [0.29, 0.717) is 5.76 Å². The van der Waals surface area contributed by atoms with Crippen molar-refractivity contribution in [2.45, 2.75) is 13.5 Å². The number of aryl methyl sites for hydroxylation is 1. The highest BCUT2D eigenvalue weighted by Crippen LogP contribution is 2.19. The second kappa shape index (κ2) is 8.70. The van der Waals surface area contributed by atoms with Crippen LogP contribution in [0.15, 0.2) is 41.0 Å². The zero-order chi connectivity index (χ0) is 19.1. The number of nitrogens with one attached hydrogen (secondary N) is 1. The summed E-state index contributed by atoms with van der Waals surface area (Å²) in [6.45, 7) is 1.26. The lowest BCUT2D eigenvalue weighted by Gasteiger charge is -2.16. The molecule has 8 heteroatoms. The van der Waals surface area contributed by atoms with Crippen molar-refractivity contribution in [3.05, 3.63) is 53.5 Å². The SMILES string of the molecule is Cc1ccc(C(=O)OCC(=O)N(C)CC(=O)NCc2ccco2)c(O)c1. The van der Waals surface area contributed by atoms with Gasteiger partial charge in [0.15, 0.2) is 6.61 Å². The minimum absolute atomic E-state index is 0.0257. The second-order valence-electron chi connectivity index (χ2n) is 5.70. The molecule has 0 bridgehead atoms. The van der Waals surface area contributed by atoms with E-state index in [1.807, 2.05) is 0 Å². The van der Waals surface area contributed by atoms with Crippen molar-refractivity contribution in [2.75, 3.05) is 20.2 Å². The standard InChI is InChI=1S/C18H20N2O6/c1-12-5-6-14(15(21)8-12)18(24)26-11-17(23)20(2)10-16(22)19-9-13-4-3-7-25-13/h3-8,21H,9-11H2,1-2H3,(H,19,22). The summed E-state index contributed by atoms with van der Waals surface area (Å²) in [7, 11) is 1.42. The Hall–Kier alpha value is -3.29. The normalized spacial score (nSPS) is 10.2. The second-order valence-corrected chi connectivity index (χ2v) is 5.70. The molecule has 2 rings (SSSR count). The van der Waals surface area contributed by atoms with Gasteiger partial charge in [-0.25, -0.2) is 4.79 Å². The number of likely N-dealkylation sites (N-methyl/N-ethyl adjacent to an activating group) is 1. The van der Waals surface area contributed by atoms with Crippen LogP contribution in [0.25, 0.3) is 0 Å². The third-order valence-electron chi connectivity index (χ3n) is 3.55. The van der Waals surface area contributed by atoms with Crippen LogP contribution in [-0.4, -0.2) is 48.0 Å². The lowest BCUT2D eigenvalue weighted by molar-refractivity contribution is -0.137. The molecule has 1 aromatic heterocycles. The van der Waals surface area contributed by atoms with Gasteiger partial charge in [-0.1, -0.05) is 6.07 Å². The number of aromatic hydroxyl groups is 1. The van der Waals surface area contributed by atoms with Gasteiger partial charge in [-0.15, -0.1) is 0 Å². The summed E-state index contributed by atoms with van der Waals surface area (Å²) >= 11 is 0. The van der Waals surface area contributed by atoms with Crippen molar-refractivity contribution in [2.24, 2.45) is 0 Å². The van der Waals surface area contributed by atoms with Crippen LogP contribution in [0.5, 0.6) is 5.75 Å². The van der Waals surface area contributed by atoms with Crippen molar-refractivity contribution in [3.8, 4) is 5.75 Å². The summed E-state index contributed by atoms with van der Waals surface area (Å²) in [6.07, 6.45) is 1.50. The van der Waals surface area contributed by atoms with Crippen LogP contribution in [-0.2, 0) is 20.9 Å². The number of ether oxygens (including phenoxy) is 1. The predicted octanol–water partition coefficient (Wildman–Crippen LogP) is 1.23. The van der Waals surface area contributed by atoms with Crippen LogP contribution in [0.2, 0.25) is 0 Å². The predicted molar refractivity (Wildman–Crippen MR) is 91.3 cm³/mol. The average Bonchev–Trinajstić information content (AvgIpc) is 3.11.